The third-order valence-corrected chi connectivity index (χ3v) is 5.61. The number of aryl methyl sites for hydroxylation is 2. The van der Waals surface area contributed by atoms with Gasteiger partial charge in [-0.05, 0) is 81.4 Å². The van der Waals surface area contributed by atoms with E-state index in [0.717, 1.165) is 33.7 Å². The van der Waals surface area contributed by atoms with Crippen molar-refractivity contribution >= 4 is 22.6 Å². The summed E-state index contributed by atoms with van der Waals surface area (Å²) in [4.78, 5) is 26.4. The molecule has 1 amide bonds. The molecule has 0 atom stereocenters. The maximum atomic E-state index is 12.0. The Balaban J connectivity index is 1.71. The summed E-state index contributed by atoms with van der Waals surface area (Å²) >= 11 is 0. The monoisotopic (exact) mass is 441 g/mol. The molecule has 3 heterocycles. The number of carbonyl (C=O) groups excluding carboxylic acids is 1. The molecule has 6 nitrogen and oxygen atoms in total. The third-order valence-electron chi connectivity index (χ3n) is 5.61. The Kier molecular flexibility index (Phi) is 6.29. The van der Waals surface area contributed by atoms with Crippen molar-refractivity contribution in [3.05, 3.63) is 65.6 Å². The summed E-state index contributed by atoms with van der Waals surface area (Å²) in [5, 5.41) is 4.05. The van der Waals surface area contributed by atoms with Gasteiger partial charge in [-0.25, -0.2) is 4.98 Å². The summed E-state index contributed by atoms with van der Waals surface area (Å²) in [6.07, 6.45) is 1.81. The van der Waals surface area contributed by atoms with Crippen LogP contribution in [-0.4, -0.2) is 46.4 Å². The highest BCUT2D eigenvalue weighted by Gasteiger charge is 2.17. The average Bonchev–Trinajstić information content (AvgIpc) is 3.12. The smallest absolute Gasteiger partial charge is 0.239 e. The van der Waals surface area contributed by atoms with Gasteiger partial charge in [0.2, 0.25) is 5.91 Å². The minimum Gasteiger partial charge on any atom is -0.354 e. The molecule has 0 aliphatic rings. The number of amides is 1. The van der Waals surface area contributed by atoms with Gasteiger partial charge in [0.15, 0.2) is 0 Å². The molecule has 0 unspecified atom stereocenters. The first kappa shape index (κ1) is 22.7. The van der Waals surface area contributed by atoms with Crippen LogP contribution in [0.4, 0.5) is 5.82 Å². The predicted octanol–water partition coefficient (Wildman–Crippen LogP) is 5.53. The molecule has 1 aromatic carbocycles. The molecule has 0 aliphatic heterocycles. The van der Waals surface area contributed by atoms with E-state index in [-0.39, 0.29) is 5.91 Å². The lowest BCUT2D eigenvalue weighted by Crippen LogP contribution is -2.27. The van der Waals surface area contributed by atoms with Crippen molar-refractivity contribution in [3.8, 4) is 22.4 Å². The molecule has 0 spiro atoms. The number of hydrogen-bond acceptors (Lipinski definition) is 4. The second-order valence-electron chi connectivity index (χ2n) is 9.19. The van der Waals surface area contributed by atoms with Crippen molar-refractivity contribution in [1.82, 2.24) is 19.9 Å². The predicted molar refractivity (Wildman–Crippen MR) is 136 cm³/mol. The van der Waals surface area contributed by atoms with Crippen molar-refractivity contribution in [2.75, 3.05) is 26.0 Å². The second-order valence-corrected chi connectivity index (χ2v) is 9.19. The number of anilines is 1. The topological polar surface area (TPSA) is 73.9 Å². The van der Waals surface area contributed by atoms with Gasteiger partial charge < -0.3 is 15.2 Å². The van der Waals surface area contributed by atoms with E-state index in [1.165, 1.54) is 16.5 Å². The highest BCUT2D eigenvalue weighted by Crippen LogP contribution is 2.37. The summed E-state index contributed by atoms with van der Waals surface area (Å²) < 4.78 is 0. The molecule has 0 saturated carbocycles. The molecule has 0 aliphatic carbocycles. The van der Waals surface area contributed by atoms with E-state index < -0.39 is 0 Å². The summed E-state index contributed by atoms with van der Waals surface area (Å²) in [5.74, 6) is 0.830. The van der Waals surface area contributed by atoms with E-state index in [4.69, 9.17) is 0 Å². The number of rotatable bonds is 6. The molecule has 0 saturated heterocycles. The normalized spacial score (nSPS) is 11.5. The van der Waals surface area contributed by atoms with E-state index in [2.05, 4.69) is 64.4 Å². The van der Waals surface area contributed by atoms with Crippen molar-refractivity contribution in [2.45, 2.75) is 33.6 Å². The van der Waals surface area contributed by atoms with Gasteiger partial charge in [-0.3, -0.25) is 9.78 Å². The standard InChI is InChI=1S/C27H31N5O/c1-16(2)26-22-13-19(20-8-10-24(28-14-20)31-25(33)15-32(5)6)7-9-23(22)30-27(26)21-11-17(3)29-18(4)12-21/h7-14,16,30H,15H2,1-6H3,(H,28,31,33). The van der Waals surface area contributed by atoms with Gasteiger partial charge in [0.25, 0.3) is 0 Å². The van der Waals surface area contributed by atoms with Crippen LogP contribution in [-0.2, 0) is 4.79 Å². The number of hydrogen-bond donors (Lipinski definition) is 2. The Bertz CT molecular complexity index is 1280. The lowest BCUT2D eigenvalue weighted by molar-refractivity contribution is -0.116. The van der Waals surface area contributed by atoms with E-state index >= 15 is 0 Å². The SMILES string of the molecule is Cc1cc(-c2[nH]c3ccc(-c4ccc(NC(=O)CN(C)C)nc4)cc3c2C(C)C)cc(C)n1. The van der Waals surface area contributed by atoms with Crippen LogP contribution in [0.3, 0.4) is 0 Å². The van der Waals surface area contributed by atoms with Gasteiger partial charge in [-0.2, -0.15) is 0 Å². The average molecular weight is 442 g/mol. The molecule has 170 valence electrons. The van der Waals surface area contributed by atoms with E-state index in [1.54, 1.807) is 0 Å². The fraction of sp³-hybridized carbons (Fsp3) is 0.296. The molecule has 3 aromatic heterocycles. The first-order chi connectivity index (χ1) is 15.7. The van der Waals surface area contributed by atoms with Crippen LogP contribution >= 0.6 is 0 Å². The summed E-state index contributed by atoms with van der Waals surface area (Å²) in [5.41, 5.74) is 8.88. The number of aromatic nitrogens is 3. The van der Waals surface area contributed by atoms with Crippen LogP contribution < -0.4 is 5.32 Å². The maximum Gasteiger partial charge on any atom is 0.239 e. The van der Waals surface area contributed by atoms with Crippen molar-refractivity contribution in [1.29, 1.82) is 0 Å². The maximum absolute atomic E-state index is 12.0. The highest BCUT2D eigenvalue weighted by atomic mass is 16.2. The summed E-state index contributed by atoms with van der Waals surface area (Å²) in [6.45, 7) is 8.85. The zero-order chi connectivity index (χ0) is 23.7. The lowest BCUT2D eigenvalue weighted by Gasteiger charge is -2.11. The number of H-pyrrole nitrogens is 1. The first-order valence-corrected chi connectivity index (χ1v) is 11.2. The van der Waals surface area contributed by atoms with Crippen LogP contribution in [0.1, 0.15) is 36.7 Å². The van der Waals surface area contributed by atoms with E-state index in [9.17, 15) is 4.79 Å². The molecular weight excluding hydrogens is 410 g/mol. The molecule has 0 radical (unpaired) electrons. The summed E-state index contributed by atoms with van der Waals surface area (Å²) in [7, 11) is 3.72. The number of benzene rings is 1. The van der Waals surface area contributed by atoms with E-state index in [1.807, 2.05) is 51.2 Å². The van der Waals surface area contributed by atoms with Crippen molar-refractivity contribution < 1.29 is 4.79 Å². The molecule has 33 heavy (non-hydrogen) atoms. The Morgan fingerprint density at radius 2 is 1.70 bits per heavy atom. The Hall–Kier alpha value is -3.51. The number of pyridine rings is 2. The van der Waals surface area contributed by atoms with Gasteiger partial charge >= 0.3 is 0 Å². The minimum absolute atomic E-state index is 0.0790. The Morgan fingerprint density at radius 1 is 1.00 bits per heavy atom. The fourth-order valence-corrected chi connectivity index (χ4v) is 4.31. The van der Waals surface area contributed by atoms with Crippen LogP contribution in [0, 0.1) is 13.8 Å². The Morgan fingerprint density at radius 3 is 2.30 bits per heavy atom. The van der Waals surface area contributed by atoms with Crippen LogP contribution in [0.2, 0.25) is 0 Å². The highest BCUT2D eigenvalue weighted by molar-refractivity contribution is 5.94. The fourth-order valence-electron chi connectivity index (χ4n) is 4.31. The summed E-state index contributed by atoms with van der Waals surface area (Å²) in [6, 6.07) is 14.6. The lowest BCUT2D eigenvalue weighted by atomic mass is 9.94. The number of nitrogens with one attached hydrogen (secondary N) is 2. The molecular formula is C27H31N5O. The first-order valence-electron chi connectivity index (χ1n) is 11.2. The molecule has 0 bridgehead atoms. The molecule has 4 aromatic rings. The Labute approximate surface area is 195 Å². The number of carbonyl (C=O) groups is 1. The quantitative estimate of drug-likeness (QED) is 0.412. The molecule has 6 heteroatoms. The number of likely N-dealkylation sites (N-methyl/N-ethyl adjacent to an activating group) is 1. The van der Waals surface area contributed by atoms with Crippen molar-refractivity contribution in [2.24, 2.45) is 0 Å². The van der Waals surface area contributed by atoms with Gasteiger partial charge in [-0.1, -0.05) is 19.9 Å². The van der Waals surface area contributed by atoms with Gasteiger partial charge in [0.05, 0.1) is 12.2 Å². The minimum atomic E-state index is -0.0790. The number of fused-ring (bicyclic) bond motifs is 1. The second kappa shape index (κ2) is 9.16. The zero-order valence-electron chi connectivity index (χ0n) is 20.2. The third kappa shape index (κ3) is 4.96. The van der Waals surface area contributed by atoms with Gasteiger partial charge in [0, 0.05) is 39.6 Å². The zero-order valence-corrected chi connectivity index (χ0v) is 20.2. The largest absolute Gasteiger partial charge is 0.354 e. The van der Waals surface area contributed by atoms with Crippen LogP contribution in [0.15, 0.2) is 48.7 Å². The van der Waals surface area contributed by atoms with Crippen LogP contribution in [0.5, 0.6) is 0 Å². The molecule has 0 fully saturated rings. The number of aromatic amines is 1. The molecule has 4 rings (SSSR count). The van der Waals surface area contributed by atoms with E-state index in [0.29, 0.717) is 18.3 Å². The van der Waals surface area contributed by atoms with Crippen LogP contribution in [0.25, 0.3) is 33.3 Å². The molecule has 2 N–H and O–H groups in total. The van der Waals surface area contributed by atoms with Gasteiger partial charge in [-0.15, -0.1) is 0 Å². The number of nitrogens with zero attached hydrogens (tertiary/aromatic N) is 3. The van der Waals surface area contributed by atoms with Crippen molar-refractivity contribution in [3.63, 3.8) is 0 Å². The van der Waals surface area contributed by atoms with Gasteiger partial charge in [0.1, 0.15) is 5.82 Å².